The SMILES string of the molecule is Cc1ccc(S(=O)(=O)OCCC(C)F)cc1. The van der Waals surface area contributed by atoms with Crippen molar-refractivity contribution in [2.75, 3.05) is 6.61 Å². The van der Waals surface area contributed by atoms with Gasteiger partial charge in [0, 0.05) is 6.42 Å². The maximum absolute atomic E-state index is 12.5. The smallest absolute Gasteiger partial charge is 0.266 e. The van der Waals surface area contributed by atoms with Crippen LogP contribution in [0.5, 0.6) is 0 Å². The van der Waals surface area contributed by atoms with Gasteiger partial charge in [-0.15, -0.1) is 0 Å². The van der Waals surface area contributed by atoms with E-state index < -0.39 is 16.3 Å². The first-order chi connectivity index (χ1) is 7.42. The lowest BCUT2D eigenvalue weighted by atomic mass is 10.2. The van der Waals surface area contributed by atoms with E-state index in [1.807, 2.05) is 6.92 Å². The van der Waals surface area contributed by atoms with Crippen molar-refractivity contribution in [3.8, 4) is 0 Å². The summed E-state index contributed by atoms with van der Waals surface area (Å²) in [5.41, 5.74) is 0.969. The zero-order valence-corrected chi connectivity index (χ0v) is 10.1. The molecule has 0 N–H and O–H groups in total. The van der Waals surface area contributed by atoms with E-state index in [4.69, 9.17) is 4.18 Å². The van der Waals surface area contributed by atoms with E-state index in [9.17, 15) is 12.8 Å². The lowest BCUT2D eigenvalue weighted by molar-refractivity contribution is 0.251. The molecule has 1 atom stereocenters. The Balaban J connectivity index is 2.67. The van der Waals surface area contributed by atoms with Gasteiger partial charge < -0.3 is 0 Å². The van der Waals surface area contributed by atoms with Gasteiger partial charge >= 0.3 is 0 Å². The van der Waals surface area contributed by atoms with Crippen LogP contribution in [0.2, 0.25) is 0 Å². The van der Waals surface area contributed by atoms with Gasteiger partial charge in [0.1, 0.15) is 0 Å². The maximum atomic E-state index is 12.5. The summed E-state index contributed by atoms with van der Waals surface area (Å²) in [6.45, 7) is 3.10. The highest BCUT2D eigenvalue weighted by atomic mass is 32.2. The molecule has 90 valence electrons. The van der Waals surface area contributed by atoms with Gasteiger partial charge in [-0.05, 0) is 26.0 Å². The Hall–Kier alpha value is -0.940. The van der Waals surface area contributed by atoms with Gasteiger partial charge in [-0.2, -0.15) is 8.42 Å². The number of hydrogen-bond acceptors (Lipinski definition) is 3. The molecule has 0 bridgehead atoms. The molecule has 16 heavy (non-hydrogen) atoms. The van der Waals surface area contributed by atoms with Crippen molar-refractivity contribution in [1.82, 2.24) is 0 Å². The van der Waals surface area contributed by atoms with Crippen LogP contribution < -0.4 is 0 Å². The predicted octanol–water partition coefficient (Wildman–Crippen LogP) is 2.45. The molecular weight excluding hydrogens is 231 g/mol. The first-order valence-corrected chi connectivity index (χ1v) is 6.43. The van der Waals surface area contributed by atoms with E-state index in [2.05, 4.69) is 0 Å². The molecule has 0 saturated heterocycles. The molecule has 0 aliphatic carbocycles. The summed E-state index contributed by atoms with van der Waals surface area (Å²) in [7, 11) is -3.74. The molecule has 1 rings (SSSR count). The van der Waals surface area contributed by atoms with Gasteiger partial charge in [0.05, 0.1) is 17.7 Å². The molecule has 5 heteroatoms. The minimum absolute atomic E-state index is 0.0745. The Morgan fingerprint density at radius 1 is 1.31 bits per heavy atom. The number of halogens is 1. The number of benzene rings is 1. The van der Waals surface area contributed by atoms with Crippen LogP contribution in [0.15, 0.2) is 29.2 Å². The average Bonchev–Trinajstić information content (AvgIpc) is 2.17. The summed E-state index contributed by atoms with van der Waals surface area (Å²) < 4.78 is 40.3. The Bertz CT molecular complexity index is 423. The summed E-state index contributed by atoms with van der Waals surface area (Å²) in [5.74, 6) is 0. The second-order valence-electron chi connectivity index (χ2n) is 3.66. The maximum Gasteiger partial charge on any atom is 0.296 e. The van der Waals surface area contributed by atoms with Crippen LogP contribution in [0.4, 0.5) is 4.39 Å². The zero-order valence-electron chi connectivity index (χ0n) is 9.31. The van der Waals surface area contributed by atoms with Crippen molar-refractivity contribution in [2.24, 2.45) is 0 Å². The molecule has 0 spiro atoms. The highest BCUT2D eigenvalue weighted by Crippen LogP contribution is 2.13. The van der Waals surface area contributed by atoms with Crippen molar-refractivity contribution < 1.29 is 17.0 Å². The summed E-state index contributed by atoms with van der Waals surface area (Å²) in [4.78, 5) is 0.101. The van der Waals surface area contributed by atoms with Crippen LogP contribution in [0.3, 0.4) is 0 Å². The summed E-state index contributed by atoms with van der Waals surface area (Å²) in [5, 5.41) is 0. The summed E-state index contributed by atoms with van der Waals surface area (Å²) in [6, 6.07) is 6.33. The molecule has 0 heterocycles. The van der Waals surface area contributed by atoms with E-state index in [1.54, 1.807) is 12.1 Å². The van der Waals surface area contributed by atoms with Crippen LogP contribution in [0, 0.1) is 6.92 Å². The third-order valence-corrected chi connectivity index (χ3v) is 3.39. The van der Waals surface area contributed by atoms with Gasteiger partial charge in [-0.1, -0.05) is 17.7 Å². The monoisotopic (exact) mass is 246 g/mol. The van der Waals surface area contributed by atoms with Crippen LogP contribution in [-0.4, -0.2) is 21.2 Å². The standard InChI is InChI=1S/C11H15FO3S/c1-9-3-5-11(6-4-9)16(13,14)15-8-7-10(2)12/h3-6,10H,7-8H2,1-2H3. The molecule has 0 amide bonds. The van der Waals surface area contributed by atoms with Gasteiger partial charge in [0.15, 0.2) is 0 Å². The van der Waals surface area contributed by atoms with Gasteiger partial charge in [0.2, 0.25) is 0 Å². The number of aryl methyl sites for hydroxylation is 1. The first kappa shape index (κ1) is 13.1. The Morgan fingerprint density at radius 3 is 2.38 bits per heavy atom. The van der Waals surface area contributed by atoms with E-state index >= 15 is 0 Å². The predicted molar refractivity (Wildman–Crippen MR) is 59.5 cm³/mol. The van der Waals surface area contributed by atoms with Gasteiger partial charge in [0.25, 0.3) is 10.1 Å². The van der Waals surface area contributed by atoms with Crippen molar-refractivity contribution in [3.63, 3.8) is 0 Å². The fraction of sp³-hybridized carbons (Fsp3) is 0.455. The molecule has 1 unspecified atom stereocenters. The third kappa shape index (κ3) is 3.90. The number of rotatable bonds is 5. The van der Waals surface area contributed by atoms with E-state index in [1.165, 1.54) is 19.1 Å². The molecule has 0 aliphatic heterocycles. The van der Waals surface area contributed by atoms with Crippen LogP contribution in [0.1, 0.15) is 18.9 Å². The Morgan fingerprint density at radius 2 is 1.88 bits per heavy atom. The van der Waals surface area contributed by atoms with Crippen molar-refractivity contribution >= 4 is 10.1 Å². The lowest BCUT2D eigenvalue weighted by Crippen LogP contribution is -2.10. The normalized spacial score (nSPS) is 13.7. The summed E-state index contributed by atoms with van der Waals surface area (Å²) >= 11 is 0. The lowest BCUT2D eigenvalue weighted by Gasteiger charge is -2.06. The average molecular weight is 246 g/mol. The largest absolute Gasteiger partial charge is 0.296 e. The molecule has 3 nitrogen and oxygen atoms in total. The minimum Gasteiger partial charge on any atom is -0.266 e. The molecule has 0 aliphatic rings. The van der Waals surface area contributed by atoms with Crippen molar-refractivity contribution in [1.29, 1.82) is 0 Å². The molecule has 1 aromatic rings. The van der Waals surface area contributed by atoms with Crippen LogP contribution in [0.25, 0.3) is 0 Å². The molecule has 1 aromatic carbocycles. The molecule has 0 saturated carbocycles. The second-order valence-corrected chi connectivity index (χ2v) is 5.27. The van der Waals surface area contributed by atoms with Crippen LogP contribution >= 0.6 is 0 Å². The fourth-order valence-corrected chi connectivity index (χ4v) is 2.01. The van der Waals surface area contributed by atoms with Crippen molar-refractivity contribution in [2.45, 2.75) is 31.3 Å². The fourth-order valence-electron chi connectivity index (χ4n) is 1.09. The number of hydrogen-bond donors (Lipinski definition) is 0. The Kier molecular flexibility index (Phi) is 4.44. The van der Waals surface area contributed by atoms with E-state index in [0.717, 1.165) is 5.56 Å². The second kappa shape index (κ2) is 5.41. The topological polar surface area (TPSA) is 43.4 Å². The minimum atomic E-state index is -3.74. The third-order valence-electron chi connectivity index (χ3n) is 2.06. The summed E-state index contributed by atoms with van der Waals surface area (Å²) in [6.07, 6.45) is -0.987. The zero-order chi connectivity index (χ0) is 12.2. The first-order valence-electron chi connectivity index (χ1n) is 5.02. The Labute approximate surface area is 95.4 Å². The highest BCUT2D eigenvalue weighted by molar-refractivity contribution is 7.86. The molecule has 0 aromatic heterocycles. The highest BCUT2D eigenvalue weighted by Gasteiger charge is 2.14. The molecule has 0 radical (unpaired) electrons. The number of alkyl halides is 1. The quantitative estimate of drug-likeness (QED) is 0.749. The van der Waals surface area contributed by atoms with E-state index in [-0.39, 0.29) is 17.9 Å². The van der Waals surface area contributed by atoms with Crippen LogP contribution in [-0.2, 0) is 14.3 Å². The molecular formula is C11H15FO3S. The van der Waals surface area contributed by atoms with Gasteiger partial charge in [-0.25, -0.2) is 4.39 Å². The molecule has 0 fully saturated rings. The van der Waals surface area contributed by atoms with Crippen molar-refractivity contribution in [3.05, 3.63) is 29.8 Å². The van der Waals surface area contributed by atoms with Gasteiger partial charge in [-0.3, -0.25) is 4.18 Å². The van der Waals surface area contributed by atoms with E-state index in [0.29, 0.717) is 0 Å².